The fraction of sp³-hybridized carbons (Fsp3) is 0.471. The molecule has 1 atom stereocenters. The maximum absolute atomic E-state index is 13.1. The molecule has 1 fully saturated rings. The highest BCUT2D eigenvalue weighted by molar-refractivity contribution is 7.89. The first-order chi connectivity index (χ1) is 11.6. The number of ether oxygens (including phenoxy) is 1. The largest absolute Gasteiger partial charge is 0.488 e. The lowest BCUT2D eigenvalue weighted by atomic mass is 10.0. The van der Waals surface area contributed by atoms with E-state index in [9.17, 15) is 8.42 Å². The molecule has 0 amide bonds. The molecule has 1 aromatic heterocycles. The highest BCUT2D eigenvalue weighted by Gasteiger charge is 2.33. The molecule has 1 unspecified atom stereocenters. The van der Waals surface area contributed by atoms with Gasteiger partial charge < -0.3 is 9.26 Å². The number of hydrogen-bond donors (Lipinski definition) is 0. The second-order valence-corrected chi connectivity index (χ2v) is 8.19. The van der Waals surface area contributed by atoms with Gasteiger partial charge in [0, 0.05) is 12.6 Å². The van der Waals surface area contributed by atoms with Crippen LogP contribution in [0.2, 0.25) is 0 Å². The fourth-order valence-electron chi connectivity index (χ4n) is 3.55. The van der Waals surface area contributed by atoms with Crippen LogP contribution in [0.5, 0.6) is 5.75 Å². The molecule has 2 aromatic rings. The molecule has 4 rings (SSSR count). The van der Waals surface area contributed by atoms with Gasteiger partial charge in [0.25, 0.3) is 0 Å². The number of piperidine rings is 1. The van der Waals surface area contributed by atoms with Crippen molar-refractivity contribution in [3.8, 4) is 17.1 Å². The Kier molecular flexibility index (Phi) is 3.85. The van der Waals surface area contributed by atoms with Gasteiger partial charge in [0.1, 0.15) is 12.4 Å². The molecule has 0 aliphatic carbocycles. The predicted molar refractivity (Wildman–Crippen MR) is 88.1 cm³/mol. The first-order valence-corrected chi connectivity index (χ1v) is 9.78. The van der Waals surface area contributed by atoms with Gasteiger partial charge >= 0.3 is 0 Å². The Balaban J connectivity index is 1.76. The fourth-order valence-corrected chi connectivity index (χ4v) is 5.34. The molecule has 2 aliphatic rings. The summed E-state index contributed by atoms with van der Waals surface area (Å²) >= 11 is 0. The second-order valence-electron chi connectivity index (χ2n) is 6.30. The molecule has 1 aromatic carbocycles. The minimum atomic E-state index is -3.53. The van der Waals surface area contributed by atoms with Crippen LogP contribution >= 0.6 is 0 Å². The first kappa shape index (κ1) is 15.7. The lowest BCUT2D eigenvalue weighted by Gasteiger charge is -2.34. The van der Waals surface area contributed by atoms with E-state index in [1.54, 1.807) is 28.7 Å². The Bertz CT molecular complexity index is 859. The predicted octanol–water partition coefficient (Wildman–Crippen LogP) is 3.19. The van der Waals surface area contributed by atoms with Crippen LogP contribution in [0.15, 0.2) is 33.8 Å². The Morgan fingerprint density at radius 1 is 1.33 bits per heavy atom. The molecule has 0 radical (unpaired) electrons. The van der Waals surface area contributed by atoms with E-state index in [4.69, 9.17) is 9.26 Å². The molecule has 7 heteroatoms. The average Bonchev–Trinajstić information content (AvgIpc) is 3.10. The number of sulfonamides is 1. The second kappa shape index (κ2) is 5.89. The van der Waals surface area contributed by atoms with Crippen LogP contribution < -0.4 is 4.74 Å². The van der Waals surface area contributed by atoms with Crippen molar-refractivity contribution in [2.75, 3.05) is 6.54 Å². The summed E-state index contributed by atoms with van der Waals surface area (Å²) < 4.78 is 38.9. The summed E-state index contributed by atoms with van der Waals surface area (Å²) in [6.07, 6.45) is 5.37. The summed E-state index contributed by atoms with van der Waals surface area (Å²) in [5, 5.41) is 3.79. The van der Waals surface area contributed by atoms with Crippen LogP contribution in [0.25, 0.3) is 11.3 Å². The molecule has 0 N–H and O–H groups in total. The summed E-state index contributed by atoms with van der Waals surface area (Å²) in [5.41, 5.74) is 1.49. The van der Waals surface area contributed by atoms with Crippen LogP contribution in [-0.2, 0) is 16.6 Å². The van der Waals surface area contributed by atoms with Gasteiger partial charge in [-0.25, -0.2) is 8.42 Å². The first-order valence-electron chi connectivity index (χ1n) is 8.34. The molecule has 0 bridgehead atoms. The quantitative estimate of drug-likeness (QED) is 0.852. The van der Waals surface area contributed by atoms with Gasteiger partial charge in [-0.2, -0.15) is 4.31 Å². The molecule has 128 valence electrons. The summed E-state index contributed by atoms with van der Waals surface area (Å²) in [6, 6.07) is 5.06. The highest BCUT2D eigenvalue weighted by Crippen LogP contribution is 2.39. The van der Waals surface area contributed by atoms with Gasteiger partial charge in [-0.3, -0.25) is 0 Å². The number of benzene rings is 1. The van der Waals surface area contributed by atoms with Crippen LogP contribution in [0, 0.1) is 0 Å². The maximum Gasteiger partial charge on any atom is 0.243 e. The molecule has 1 saturated heterocycles. The van der Waals surface area contributed by atoms with Crippen molar-refractivity contribution in [1.29, 1.82) is 0 Å². The zero-order valence-electron chi connectivity index (χ0n) is 13.6. The summed E-state index contributed by atoms with van der Waals surface area (Å²) in [5.74, 6) is 1.22. The molecule has 24 heavy (non-hydrogen) atoms. The van der Waals surface area contributed by atoms with Crippen molar-refractivity contribution in [2.24, 2.45) is 0 Å². The molecular weight excluding hydrogens is 328 g/mol. The monoisotopic (exact) mass is 348 g/mol. The molecule has 0 saturated carbocycles. The third-order valence-corrected chi connectivity index (χ3v) is 6.82. The third kappa shape index (κ3) is 2.43. The lowest BCUT2D eigenvalue weighted by Crippen LogP contribution is -2.43. The molecular formula is C17H20N2O4S. The Morgan fingerprint density at radius 3 is 3.04 bits per heavy atom. The van der Waals surface area contributed by atoms with E-state index < -0.39 is 10.0 Å². The summed E-state index contributed by atoms with van der Waals surface area (Å²) in [6.45, 7) is 3.02. The number of hydrogen-bond acceptors (Lipinski definition) is 5. The van der Waals surface area contributed by atoms with E-state index in [1.165, 1.54) is 0 Å². The van der Waals surface area contributed by atoms with Gasteiger partial charge in [-0.05, 0) is 37.5 Å². The zero-order valence-corrected chi connectivity index (χ0v) is 14.4. The van der Waals surface area contributed by atoms with Crippen molar-refractivity contribution in [3.05, 3.63) is 30.0 Å². The van der Waals surface area contributed by atoms with Crippen LogP contribution in [0.3, 0.4) is 0 Å². The molecule has 2 aliphatic heterocycles. The van der Waals surface area contributed by atoms with Crippen LogP contribution in [0.4, 0.5) is 0 Å². The maximum atomic E-state index is 13.1. The van der Waals surface area contributed by atoms with E-state index in [0.29, 0.717) is 30.2 Å². The number of fused-ring (bicyclic) bond motifs is 3. The van der Waals surface area contributed by atoms with E-state index in [2.05, 4.69) is 5.16 Å². The SMILES string of the molecule is CCC1CCCCN1S(=O)(=O)c1ccc2c(c1)-c1oncc1CO2. The lowest BCUT2D eigenvalue weighted by molar-refractivity contribution is 0.246. The van der Waals surface area contributed by atoms with Crippen molar-refractivity contribution < 1.29 is 17.7 Å². The van der Waals surface area contributed by atoms with Gasteiger partial charge in [0.2, 0.25) is 10.0 Å². The average molecular weight is 348 g/mol. The summed E-state index contributed by atoms with van der Waals surface area (Å²) in [7, 11) is -3.53. The van der Waals surface area contributed by atoms with Gasteiger partial charge in [0.05, 0.1) is 22.2 Å². The molecule has 0 spiro atoms. The minimum absolute atomic E-state index is 0.0804. The summed E-state index contributed by atoms with van der Waals surface area (Å²) in [4.78, 5) is 0.287. The van der Waals surface area contributed by atoms with Crippen LogP contribution in [0.1, 0.15) is 38.2 Å². The van der Waals surface area contributed by atoms with E-state index in [-0.39, 0.29) is 10.9 Å². The molecule has 3 heterocycles. The van der Waals surface area contributed by atoms with Crippen molar-refractivity contribution in [3.63, 3.8) is 0 Å². The Morgan fingerprint density at radius 2 is 2.21 bits per heavy atom. The Labute approximate surface area is 141 Å². The zero-order chi connectivity index (χ0) is 16.7. The highest BCUT2D eigenvalue weighted by atomic mass is 32.2. The number of rotatable bonds is 3. The number of nitrogens with zero attached hydrogens (tertiary/aromatic N) is 2. The van der Waals surface area contributed by atoms with Gasteiger partial charge in [-0.15, -0.1) is 0 Å². The Hall–Kier alpha value is -1.86. The normalized spacial score (nSPS) is 21.0. The van der Waals surface area contributed by atoms with Crippen molar-refractivity contribution in [1.82, 2.24) is 9.46 Å². The van der Waals surface area contributed by atoms with E-state index in [1.807, 2.05) is 6.92 Å². The third-order valence-electron chi connectivity index (χ3n) is 4.87. The topological polar surface area (TPSA) is 72.6 Å². The standard InChI is InChI=1S/C17H20N2O4S/c1-2-13-5-3-4-8-19(13)24(20,21)14-6-7-16-15(9-14)17-12(11-22-16)10-18-23-17/h6-7,9-10,13H,2-5,8,11H2,1H3. The van der Waals surface area contributed by atoms with Crippen LogP contribution in [-0.4, -0.2) is 30.5 Å². The van der Waals surface area contributed by atoms with Crippen molar-refractivity contribution in [2.45, 2.75) is 50.2 Å². The smallest absolute Gasteiger partial charge is 0.243 e. The molecule has 6 nitrogen and oxygen atoms in total. The van der Waals surface area contributed by atoms with Crippen molar-refractivity contribution >= 4 is 10.0 Å². The van der Waals surface area contributed by atoms with Gasteiger partial charge in [0.15, 0.2) is 5.76 Å². The number of aromatic nitrogens is 1. The minimum Gasteiger partial charge on any atom is -0.488 e. The van der Waals surface area contributed by atoms with Gasteiger partial charge in [-0.1, -0.05) is 18.5 Å². The van der Waals surface area contributed by atoms with E-state index in [0.717, 1.165) is 31.2 Å². The van der Waals surface area contributed by atoms with E-state index >= 15 is 0 Å².